The summed E-state index contributed by atoms with van der Waals surface area (Å²) in [6.45, 7) is 2.73. The van der Waals surface area contributed by atoms with E-state index in [0.717, 1.165) is 30.5 Å². The second-order valence-electron chi connectivity index (χ2n) is 8.98. The summed E-state index contributed by atoms with van der Waals surface area (Å²) in [5, 5.41) is 15.0. The Bertz CT molecular complexity index is 1160. The maximum absolute atomic E-state index is 12.1. The SMILES string of the molecule is CN1CC[C@@](O)(C#Cc2ccnc(-n3nc(C(N)=O)c4c3C[C@]3(C)C[C@@H]3C4)c2)C1=O. The minimum atomic E-state index is -1.65. The van der Waals surface area contributed by atoms with Gasteiger partial charge in [0.05, 0.1) is 5.69 Å². The van der Waals surface area contributed by atoms with E-state index < -0.39 is 11.5 Å². The number of aliphatic hydroxyl groups is 1. The van der Waals surface area contributed by atoms with Crippen LogP contribution in [0.5, 0.6) is 0 Å². The Kier molecular flexibility index (Phi) is 3.86. The summed E-state index contributed by atoms with van der Waals surface area (Å²) in [6, 6.07) is 3.46. The quantitative estimate of drug-likeness (QED) is 0.704. The van der Waals surface area contributed by atoms with E-state index in [1.807, 2.05) is 0 Å². The Morgan fingerprint density at radius 3 is 2.93 bits per heavy atom. The number of likely N-dealkylation sites (tertiary alicyclic amines) is 1. The van der Waals surface area contributed by atoms with Crippen LogP contribution in [0, 0.1) is 23.2 Å². The summed E-state index contributed by atoms with van der Waals surface area (Å²) in [7, 11) is 1.65. The third-order valence-electron chi connectivity index (χ3n) is 6.77. The zero-order valence-corrected chi connectivity index (χ0v) is 17.0. The van der Waals surface area contributed by atoms with E-state index in [1.165, 1.54) is 4.90 Å². The summed E-state index contributed by atoms with van der Waals surface area (Å²) < 4.78 is 1.70. The predicted molar refractivity (Wildman–Crippen MR) is 108 cm³/mol. The van der Waals surface area contributed by atoms with Gasteiger partial charge in [0.15, 0.2) is 11.5 Å². The number of pyridine rings is 1. The van der Waals surface area contributed by atoms with Crippen molar-refractivity contribution in [2.24, 2.45) is 17.1 Å². The van der Waals surface area contributed by atoms with Crippen LogP contribution in [0.25, 0.3) is 5.82 Å². The van der Waals surface area contributed by atoms with Crippen LogP contribution in [-0.2, 0) is 17.6 Å². The van der Waals surface area contributed by atoms with Gasteiger partial charge in [0, 0.05) is 37.3 Å². The highest BCUT2D eigenvalue weighted by molar-refractivity contribution is 5.93. The van der Waals surface area contributed by atoms with Gasteiger partial charge in [-0.15, -0.1) is 0 Å². The number of hydrogen-bond acceptors (Lipinski definition) is 5. The Morgan fingerprint density at radius 1 is 1.43 bits per heavy atom. The smallest absolute Gasteiger partial charge is 0.269 e. The number of rotatable bonds is 2. The van der Waals surface area contributed by atoms with Crippen LogP contribution in [0.4, 0.5) is 0 Å². The first kappa shape index (κ1) is 18.8. The molecule has 154 valence electrons. The first-order chi connectivity index (χ1) is 14.2. The third-order valence-corrected chi connectivity index (χ3v) is 6.77. The number of fused-ring (bicyclic) bond motifs is 2. The van der Waals surface area contributed by atoms with Gasteiger partial charge in [0.25, 0.3) is 11.8 Å². The number of amides is 2. The molecule has 0 aromatic carbocycles. The van der Waals surface area contributed by atoms with Crippen molar-refractivity contribution in [2.75, 3.05) is 13.6 Å². The minimum Gasteiger partial charge on any atom is -0.369 e. The highest BCUT2D eigenvalue weighted by atomic mass is 16.3. The molecule has 2 fully saturated rings. The molecule has 1 aliphatic heterocycles. The molecule has 3 heterocycles. The van der Waals surface area contributed by atoms with Gasteiger partial charge in [-0.05, 0) is 42.7 Å². The van der Waals surface area contributed by atoms with Crippen LogP contribution >= 0.6 is 0 Å². The van der Waals surface area contributed by atoms with Gasteiger partial charge in [-0.1, -0.05) is 18.8 Å². The van der Waals surface area contributed by atoms with Crippen LogP contribution in [0.1, 0.15) is 47.1 Å². The number of nitrogens with zero attached hydrogens (tertiary/aromatic N) is 4. The standard InChI is InChI=1S/C22H23N5O3/c1-21-11-14(21)10-15-16(12-21)27(25-18(15)19(23)28)17-9-13(4-7-24-17)3-5-22(30)6-8-26(2)20(22)29/h4,7,9,14,30H,6,8,10-12H2,1-2H3,(H2,23,28)/t14-,21-,22-/m0/s1. The van der Waals surface area contributed by atoms with Crippen molar-refractivity contribution in [1.82, 2.24) is 19.7 Å². The molecule has 2 amide bonds. The van der Waals surface area contributed by atoms with Crippen molar-refractivity contribution >= 4 is 11.8 Å². The molecule has 1 saturated carbocycles. The normalized spacial score (nSPS) is 29.1. The van der Waals surface area contributed by atoms with E-state index in [2.05, 4.69) is 28.8 Å². The molecule has 0 unspecified atom stereocenters. The molecule has 2 aliphatic carbocycles. The van der Waals surface area contributed by atoms with Crippen molar-refractivity contribution in [3.8, 4) is 17.7 Å². The fraction of sp³-hybridized carbons (Fsp3) is 0.455. The molecular formula is C22H23N5O3. The van der Waals surface area contributed by atoms with Gasteiger partial charge in [0.1, 0.15) is 0 Å². The van der Waals surface area contributed by atoms with E-state index in [4.69, 9.17) is 5.73 Å². The fourth-order valence-corrected chi connectivity index (χ4v) is 4.69. The second-order valence-corrected chi connectivity index (χ2v) is 8.98. The highest BCUT2D eigenvalue weighted by Crippen LogP contribution is 2.59. The zero-order chi connectivity index (χ0) is 21.3. The van der Waals surface area contributed by atoms with Crippen molar-refractivity contribution < 1.29 is 14.7 Å². The van der Waals surface area contributed by atoms with Crippen molar-refractivity contribution in [1.29, 1.82) is 0 Å². The Labute approximate surface area is 174 Å². The van der Waals surface area contributed by atoms with Crippen molar-refractivity contribution in [3.05, 3.63) is 40.8 Å². The van der Waals surface area contributed by atoms with Gasteiger partial charge in [0.2, 0.25) is 5.60 Å². The first-order valence-electron chi connectivity index (χ1n) is 10.1. The summed E-state index contributed by atoms with van der Waals surface area (Å²) in [5.41, 5.74) is 6.99. The third kappa shape index (κ3) is 2.81. The van der Waals surface area contributed by atoms with Crippen molar-refractivity contribution in [3.63, 3.8) is 0 Å². The lowest BCUT2D eigenvalue weighted by Crippen LogP contribution is -2.37. The van der Waals surface area contributed by atoms with E-state index >= 15 is 0 Å². The molecule has 3 aliphatic rings. The molecule has 8 nitrogen and oxygen atoms in total. The summed E-state index contributed by atoms with van der Waals surface area (Å²) in [5.74, 6) is 5.82. The number of carbonyl (C=O) groups excluding carboxylic acids is 2. The lowest BCUT2D eigenvalue weighted by atomic mass is 9.87. The van der Waals surface area contributed by atoms with E-state index in [9.17, 15) is 14.7 Å². The number of carbonyl (C=O) groups is 2. The fourth-order valence-electron chi connectivity index (χ4n) is 4.69. The van der Waals surface area contributed by atoms with Crippen LogP contribution in [-0.4, -0.2) is 55.8 Å². The maximum atomic E-state index is 12.1. The van der Waals surface area contributed by atoms with Gasteiger partial charge >= 0.3 is 0 Å². The molecule has 3 atom stereocenters. The van der Waals surface area contributed by atoms with Crippen LogP contribution < -0.4 is 5.73 Å². The number of nitrogens with two attached hydrogens (primary N) is 1. The Morgan fingerprint density at radius 2 is 2.23 bits per heavy atom. The summed E-state index contributed by atoms with van der Waals surface area (Å²) in [4.78, 5) is 30.0. The van der Waals surface area contributed by atoms with Gasteiger partial charge in [-0.25, -0.2) is 9.67 Å². The molecule has 8 heteroatoms. The molecule has 0 spiro atoms. The molecule has 2 aromatic heterocycles. The van der Waals surface area contributed by atoms with Gasteiger partial charge < -0.3 is 15.7 Å². The molecule has 5 rings (SSSR count). The largest absolute Gasteiger partial charge is 0.369 e. The number of likely N-dealkylation sites (N-methyl/N-ethyl adjacent to an activating group) is 1. The molecule has 0 radical (unpaired) electrons. The predicted octanol–water partition coefficient (Wildman–Crippen LogP) is 0.436. The van der Waals surface area contributed by atoms with Crippen LogP contribution in [0.15, 0.2) is 18.3 Å². The molecule has 30 heavy (non-hydrogen) atoms. The first-order valence-corrected chi connectivity index (χ1v) is 10.1. The maximum Gasteiger partial charge on any atom is 0.269 e. The molecule has 3 N–H and O–H groups in total. The highest BCUT2D eigenvalue weighted by Gasteiger charge is 2.54. The summed E-state index contributed by atoms with van der Waals surface area (Å²) in [6.07, 6.45) is 4.66. The van der Waals surface area contributed by atoms with Gasteiger partial charge in [-0.3, -0.25) is 9.59 Å². The Balaban J connectivity index is 1.53. The van der Waals surface area contributed by atoms with E-state index in [0.29, 0.717) is 29.5 Å². The minimum absolute atomic E-state index is 0.245. The van der Waals surface area contributed by atoms with E-state index in [-0.39, 0.29) is 17.7 Å². The van der Waals surface area contributed by atoms with Crippen LogP contribution in [0.3, 0.4) is 0 Å². The number of hydrogen-bond donors (Lipinski definition) is 2. The average Bonchev–Trinajstić information content (AvgIpc) is 3.14. The second kappa shape index (κ2) is 6.16. The molecule has 2 aromatic rings. The lowest BCUT2D eigenvalue weighted by Gasteiger charge is -2.19. The lowest BCUT2D eigenvalue weighted by molar-refractivity contribution is -0.137. The van der Waals surface area contributed by atoms with Crippen LogP contribution in [0.2, 0.25) is 0 Å². The van der Waals surface area contributed by atoms with Crippen molar-refractivity contribution in [2.45, 2.75) is 38.2 Å². The molecule has 1 saturated heterocycles. The van der Waals surface area contributed by atoms with E-state index in [1.54, 1.807) is 30.1 Å². The monoisotopic (exact) mass is 405 g/mol. The number of aromatic nitrogens is 3. The number of primary amides is 1. The average molecular weight is 405 g/mol. The Hall–Kier alpha value is -3.18. The topological polar surface area (TPSA) is 114 Å². The summed E-state index contributed by atoms with van der Waals surface area (Å²) >= 11 is 0. The van der Waals surface area contributed by atoms with Gasteiger partial charge in [-0.2, -0.15) is 5.10 Å². The molecule has 0 bridgehead atoms. The zero-order valence-electron chi connectivity index (χ0n) is 17.0. The molecular weight excluding hydrogens is 382 g/mol.